The van der Waals surface area contributed by atoms with Crippen LogP contribution >= 0.6 is 0 Å². The fourth-order valence-electron chi connectivity index (χ4n) is 1.89. The molecule has 92 valence electrons. The van der Waals surface area contributed by atoms with E-state index in [0.29, 0.717) is 11.5 Å². The standard InChI is InChI=1S/C13H29NO/c1-5-7-8-13(6-2,11-14)9-10-15-12(3)4/h12H,5-11,14H2,1-4H3. The lowest BCUT2D eigenvalue weighted by molar-refractivity contribution is 0.0482. The highest BCUT2D eigenvalue weighted by Crippen LogP contribution is 2.31. The van der Waals surface area contributed by atoms with E-state index in [4.69, 9.17) is 10.5 Å². The summed E-state index contributed by atoms with van der Waals surface area (Å²) < 4.78 is 5.63. The Morgan fingerprint density at radius 2 is 1.87 bits per heavy atom. The van der Waals surface area contributed by atoms with Crippen LogP contribution in [0.1, 0.15) is 59.8 Å². The highest BCUT2D eigenvalue weighted by molar-refractivity contribution is 4.78. The zero-order valence-corrected chi connectivity index (χ0v) is 11.0. The first-order chi connectivity index (χ1) is 7.10. The Morgan fingerprint density at radius 1 is 1.20 bits per heavy atom. The van der Waals surface area contributed by atoms with E-state index in [9.17, 15) is 0 Å². The van der Waals surface area contributed by atoms with E-state index < -0.39 is 0 Å². The van der Waals surface area contributed by atoms with Crippen LogP contribution in [0.15, 0.2) is 0 Å². The molecular weight excluding hydrogens is 186 g/mol. The van der Waals surface area contributed by atoms with Crippen LogP contribution in [0.3, 0.4) is 0 Å². The molecule has 0 heterocycles. The van der Waals surface area contributed by atoms with Gasteiger partial charge in [-0.2, -0.15) is 0 Å². The van der Waals surface area contributed by atoms with Gasteiger partial charge in [0.25, 0.3) is 0 Å². The minimum atomic E-state index is 0.324. The number of rotatable bonds is 9. The van der Waals surface area contributed by atoms with Crippen molar-refractivity contribution < 1.29 is 4.74 Å². The molecule has 0 rings (SSSR count). The minimum absolute atomic E-state index is 0.324. The molecule has 0 radical (unpaired) electrons. The van der Waals surface area contributed by atoms with Gasteiger partial charge in [-0.1, -0.05) is 26.7 Å². The fourth-order valence-corrected chi connectivity index (χ4v) is 1.89. The van der Waals surface area contributed by atoms with E-state index >= 15 is 0 Å². The van der Waals surface area contributed by atoms with Crippen LogP contribution in [-0.2, 0) is 4.74 Å². The molecular formula is C13H29NO. The van der Waals surface area contributed by atoms with Crippen LogP contribution in [0.5, 0.6) is 0 Å². The second kappa shape index (κ2) is 8.12. The lowest BCUT2D eigenvalue weighted by Gasteiger charge is -2.31. The molecule has 0 saturated carbocycles. The third kappa shape index (κ3) is 6.16. The maximum absolute atomic E-state index is 5.92. The van der Waals surface area contributed by atoms with E-state index in [1.165, 1.54) is 25.7 Å². The van der Waals surface area contributed by atoms with Crippen LogP contribution in [0.2, 0.25) is 0 Å². The molecule has 0 aliphatic heterocycles. The Hall–Kier alpha value is -0.0800. The topological polar surface area (TPSA) is 35.2 Å². The first-order valence-corrected chi connectivity index (χ1v) is 6.42. The molecule has 2 N–H and O–H groups in total. The van der Waals surface area contributed by atoms with E-state index in [1.807, 2.05) is 0 Å². The lowest BCUT2D eigenvalue weighted by atomic mass is 9.77. The van der Waals surface area contributed by atoms with Gasteiger partial charge in [0.2, 0.25) is 0 Å². The van der Waals surface area contributed by atoms with Crippen molar-refractivity contribution in [1.82, 2.24) is 0 Å². The molecule has 0 amide bonds. The fraction of sp³-hybridized carbons (Fsp3) is 1.00. The second-order valence-corrected chi connectivity index (χ2v) is 4.83. The maximum atomic E-state index is 5.92. The number of ether oxygens (including phenoxy) is 1. The van der Waals surface area contributed by atoms with Gasteiger partial charge >= 0.3 is 0 Å². The van der Waals surface area contributed by atoms with Crippen LogP contribution < -0.4 is 5.73 Å². The van der Waals surface area contributed by atoms with Crippen molar-refractivity contribution in [2.45, 2.75) is 65.9 Å². The SMILES string of the molecule is CCCCC(CC)(CN)CCOC(C)C. The normalized spacial score (nSPS) is 15.6. The molecule has 15 heavy (non-hydrogen) atoms. The minimum Gasteiger partial charge on any atom is -0.379 e. The molecule has 0 aromatic rings. The van der Waals surface area contributed by atoms with E-state index in [0.717, 1.165) is 19.6 Å². The first kappa shape index (κ1) is 14.9. The summed E-state index contributed by atoms with van der Waals surface area (Å²) in [6, 6.07) is 0. The number of hydrogen-bond donors (Lipinski definition) is 1. The number of unbranched alkanes of at least 4 members (excludes halogenated alkanes) is 1. The van der Waals surface area contributed by atoms with Gasteiger partial charge in [-0.15, -0.1) is 0 Å². The van der Waals surface area contributed by atoms with Gasteiger partial charge < -0.3 is 10.5 Å². The van der Waals surface area contributed by atoms with Gasteiger partial charge in [0, 0.05) is 6.61 Å². The molecule has 0 bridgehead atoms. The smallest absolute Gasteiger partial charge is 0.0518 e. The van der Waals surface area contributed by atoms with Crippen LogP contribution in [0.25, 0.3) is 0 Å². The van der Waals surface area contributed by atoms with Crippen LogP contribution in [-0.4, -0.2) is 19.3 Å². The summed E-state index contributed by atoms with van der Waals surface area (Å²) in [5, 5.41) is 0. The zero-order valence-electron chi connectivity index (χ0n) is 11.0. The summed E-state index contributed by atoms with van der Waals surface area (Å²) in [6.45, 7) is 10.3. The Balaban J connectivity index is 3.99. The van der Waals surface area contributed by atoms with Gasteiger partial charge in [0.05, 0.1) is 6.10 Å². The highest BCUT2D eigenvalue weighted by Gasteiger charge is 2.25. The lowest BCUT2D eigenvalue weighted by Crippen LogP contribution is -2.31. The van der Waals surface area contributed by atoms with E-state index in [1.54, 1.807) is 0 Å². The Labute approximate surface area is 95.6 Å². The summed E-state index contributed by atoms with van der Waals surface area (Å²) >= 11 is 0. The number of nitrogens with two attached hydrogens (primary N) is 1. The molecule has 0 aromatic carbocycles. The average molecular weight is 215 g/mol. The van der Waals surface area contributed by atoms with Gasteiger partial charge in [-0.3, -0.25) is 0 Å². The number of hydrogen-bond acceptors (Lipinski definition) is 2. The summed E-state index contributed by atoms with van der Waals surface area (Å²) in [6.07, 6.45) is 6.41. The maximum Gasteiger partial charge on any atom is 0.0518 e. The van der Waals surface area contributed by atoms with Crippen molar-refractivity contribution in [3.05, 3.63) is 0 Å². The van der Waals surface area contributed by atoms with Gasteiger partial charge in [0.15, 0.2) is 0 Å². The van der Waals surface area contributed by atoms with E-state index in [2.05, 4.69) is 27.7 Å². The third-order valence-electron chi connectivity index (χ3n) is 3.33. The predicted octanol–water partition coefficient (Wildman–Crippen LogP) is 3.35. The molecule has 0 aromatic heterocycles. The Kier molecular flexibility index (Phi) is 8.07. The van der Waals surface area contributed by atoms with Crippen molar-refractivity contribution in [1.29, 1.82) is 0 Å². The zero-order chi connectivity index (χ0) is 11.7. The Bertz CT molecular complexity index is 141. The molecule has 0 spiro atoms. The largest absolute Gasteiger partial charge is 0.379 e. The molecule has 1 unspecified atom stereocenters. The molecule has 1 atom stereocenters. The van der Waals surface area contributed by atoms with Crippen molar-refractivity contribution in [3.63, 3.8) is 0 Å². The second-order valence-electron chi connectivity index (χ2n) is 4.83. The molecule has 0 saturated heterocycles. The molecule has 0 fully saturated rings. The monoisotopic (exact) mass is 215 g/mol. The van der Waals surface area contributed by atoms with Gasteiger partial charge in [-0.05, 0) is 45.1 Å². The quantitative estimate of drug-likeness (QED) is 0.640. The van der Waals surface area contributed by atoms with Crippen LogP contribution in [0.4, 0.5) is 0 Å². The Morgan fingerprint density at radius 3 is 2.27 bits per heavy atom. The molecule has 0 aliphatic carbocycles. The van der Waals surface area contributed by atoms with Gasteiger partial charge in [0.1, 0.15) is 0 Å². The third-order valence-corrected chi connectivity index (χ3v) is 3.33. The summed E-state index contributed by atoms with van der Waals surface area (Å²) in [5.41, 5.74) is 6.24. The summed E-state index contributed by atoms with van der Waals surface area (Å²) in [4.78, 5) is 0. The van der Waals surface area contributed by atoms with Crippen LogP contribution in [0, 0.1) is 5.41 Å². The molecule has 0 aliphatic rings. The van der Waals surface area contributed by atoms with Crippen molar-refractivity contribution >= 4 is 0 Å². The average Bonchev–Trinajstić information content (AvgIpc) is 2.23. The van der Waals surface area contributed by atoms with Crippen molar-refractivity contribution in [3.8, 4) is 0 Å². The van der Waals surface area contributed by atoms with Crippen molar-refractivity contribution in [2.75, 3.05) is 13.2 Å². The van der Waals surface area contributed by atoms with Gasteiger partial charge in [-0.25, -0.2) is 0 Å². The van der Waals surface area contributed by atoms with E-state index in [-0.39, 0.29) is 0 Å². The van der Waals surface area contributed by atoms with Crippen molar-refractivity contribution in [2.24, 2.45) is 11.1 Å². The summed E-state index contributed by atoms with van der Waals surface area (Å²) in [5.74, 6) is 0. The predicted molar refractivity (Wildman–Crippen MR) is 67.0 cm³/mol. The first-order valence-electron chi connectivity index (χ1n) is 6.42. The summed E-state index contributed by atoms with van der Waals surface area (Å²) in [7, 11) is 0. The molecule has 2 heteroatoms. The molecule has 2 nitrogen and oxygen atoms in total. The highest BCUT2D eigenvalue weighted by atomic mass is 16.5.